The van der Waals surface area contributed by atoms with Gasteiger partial charge in [0.25, 0.3) is 0 Å². The maximum Gasteiger partial charge on any atom is 0.341 e. The van der Waals surface area contributed by atoms with E-state index >= 15 is 0 Å². The lowest BCUT2D eigenvalue weighted by atomic mass is 9.84. The number of ether oxygens (including phenoxy) is 1. The van der Waals surface area contributed by atoms with Gasteiger partial charge in [0, 0.05) is 0 Å². The van der Waals surface area contributed by atoms with Crippen molar-refractivity contribution in [1.29, 1.82) is 0 Å². The molecule has 2 rings (SSSR count). The zero-order valence-electron chi connectivity index (χ0n) is 9.69. The van der Waals surface area contributed by atoms with Crippen molar-refractivity contribution in [3.05, 3.63) is 29.3 Å². The summed E-state index contributed by atoms with van der Waals surface area (Å²) in [7, 11) is 0. The molecule has 0 heterocycles. The van der Waals surface area contributed by atoms with Crippen molar-refractivity contribution in [1.82, 2.24) is 0 Å². The highest BCUT2D eigenvalue weighted by Gasteiger charge is 2.17. The Hall–Kier alpha value is -1.55. The number of carboxylic acid groups (broad SMARTS) is 1. The first-order chi connectivity index (χ1) is 8.19. The summed E-state index contributed by atoms with van der Waals surface area (Å²) in [5, 5.41) is 8.55. The van der Waals surface area contributed by atoms with Crippen LogP contribution in [-0.2, 0) is 17.6 Å². The van der Waals surface area contributed by atoms with Crippen molar-refractivity contribution in [2.45, 2.75) is 19.3 Å². The zero-order valence-corrected chi connectivity index (χ0v) is 9.69. The summed E-state index contributed by atoms with van der Waals surface area (Å²) in [5.74, 6) is 0.212. The SMILES string of the molecule is NC[C@H]1CCc2ccc(OCC(=O)O)cc2C1. The quantitative estimate of drug-likeness (QED) is 0.822. The molecule has 0 fully saturated rings. The van der Waals surface area contributed by atoms with Crippen LogP contribution in [0.5, 0.6) is 5.75 Å². The van der Waals surface area contributed by atoms with Gasteiger partial charge in [-0.25, -0.2) is 4.79 Å². The number of carbonyl (C=O) groups is 1. The average molecular weight is 235 g/mol. The number of benzene rings is 1. The highest BCUT2D eigenvalue weighted by molar-refractivity contribution is 5.68. The van der Waals surface area contributed by atoms with Gasteiger partial charge in [-0.3, -0.25) is 0 Å². The van der Waals surface area contributed by atoms with E-state index in [0.29, 0.717) is 18.2 Å². The van der Waals surface area contributed by atoms with Crippen LogP contribution < -0.4 is 10.5 Å². The van der Waals surface area contributed by atoms with Crippen LogP contribution in [0.2, 0.25) is 0 Å². The van der Waals surface area contributed by atoms with Crippen molar-refractivity contribution >= 4 is 5.97 Å². The van der Waals surface area contributed by atoms with Crippen LogP contribution in [0.3, 0.4) is 0 Å². The first kappa shape index (κ1) is 11.9. The predicted octanol–water partition coefficient (Wildman–Crippen LogP) is 1.21. The minimum Gasteiger partial charge on any atom is -0.482 e. The summed E-state index contributed by atoms with van der Waals surface area (Å²) >= 11 is 0. The standard InChI is InChI=1S/C13H17NO3/c14-7-9-1-2-10-3-4-12(6-11(10)5-9)17-8-13(15)16/h3-4,6,9H,1-2,5,7-8,14H2,(H,15,16)/t9-/m0/s1. The van der Waals surface area contributed by atoms with E-state index in [9.17, 15) is 4.79 Å². The van der Waals surface area contributed by atoms with Gasteiger partial charge in [-0.05, 0) is 55.0 Å². The number of aliphatic carboxylic acids is 1. The summed E-state index contributed by atoms with van der Waals surface area (Å²) in [4.78, 5) is 10.4. The maximum absolute atomic E-state index is 10.4. The zero-order chi connectivity index (χ0) is 12.3. The lowest BCUT2D eigenvalue weighted by Crippen LogP contribution is -2.22. The largest absolute Gasteiger partial charge is 0.482 e. The minimum atomic E-state index is -0.956. The molecule has 1 aromatic carbocycles. The fourth-order valence-corrected chi connectivity index (χ4v) is 2.24. The second kappa shape index (κ2) is 5.19. The third-order valence-electron chi connectivity index (χ3n) is 3.20. The van der Waals surface area contributed by atoms with Gasteiger partial charge < -0.3 is 15.6 Å². The Labute approximate surface area is 100 Å². The number of aryl methyl sites for hydroxylation is 1. The van der Waals surface area contributed by atoms with Crippen LogP contribution in [0, 0.1) is 5.92 Å². The number of hydrogen-bond donors (Lipinski definition) is 2. The molecule has 0 spiro atoms. The number of fused-ring (bicyclic) bond motifs is 1. The number of hydrogen-bond acceptors (Lipinski definition) is 3. The van der Waals surface area contributed by atoms with Gasteiger partial charge in [0.05, 0.1) is 0 Å². The molecule has 4 nitrogen and oxygen atoms in total. The number of carboxylic acids is 1. The van der Waals surface area contributed by atoms with E-state index in [1.807, 2.05) is 18.2 Å². The third-order valence-corrected chi connectivity index (χ3v) is 3.20. The Morgan fingerprint density at radius 2 is 2.29 bits per heavy atom. The van der Waals surface area contributed by atoms with Crippen LogP contribution in [0.4, 0.5) is 0 Å². The lowest BCUT2D eigenvalue weighted by Gasteiger charge is -2.23. The second-order valence-electron chi connectivity index (χ2n) is 4.46. The van der Waals surface area contributed by atoms with Crippen molar-refractivity contribution in [3.63, 3.8) is 0 Å². The van der Waals surface area contributed by atoms with Gasteiger partial charge in [-0.15, -0.1) is 0 Å². The molecule has 1 aromatic rings. The third kappa shape index (κ3) is 2.97. The fraction of sp³-hybridized carbons (Fsp3) is 0.462. The van der Waals surface area contributed by atoms with Crippen molar-refractivity contribution < 1.29 is 14.6 Å². The van der Waals surface area contributed by atoms with E-state index in [1.54, 1.807) is 0 Å². The highest BCUT2D eigenvalue weighted by Crippen LogP contribution is 2.28. The summed E-state index contributed by atoms with van der Waals surface area (Å²) in [6.07, 6.45) is 3.16. The molecule has 4 heteroatoms. The molecule has 17 heavy (non-hydrogen) atoms. The first-order valence-corrected chi connectivity index (χ1v) is 5.85. The molecule has 3 N–H and O–H groups in total. The smallest absolute Gasteiger partial charge is 0.341 e. The Kier molecular flexibility index (Phi) is 3.64. The van der Waals surface area contributed by atoms with Gasteiger partial charge in [-0.1, -0.05) is 6.07 Å². The van der Waals surface area contributed by atoms with Crippen LogP contribution in [0.15, 0.2) is 18.2 Å². The summed E-state index contributed by atoms with van der Waals surface area (Å²) < 4.78 is 5.17. The molecule has 0 amide bonds. The van der Waals surface area contributed by atoms with E-state index in [1.165, 1.54) is 11.1 Å². The fourth-order valence-electron chi connectivity index (χ4n) is 2.24. The summed E-state index contributed by atoms with van der Waals surface area (Å²) in [6.45, 7) is 0.415. The summed E-state index contributed by atoms with van der Waals surface area (Å²) in [6, 6.07) is 5.81. The van der Waals surface area contributed by atoms with Crippen LogP contribution in [-0.4, -0.2) is 24.2 Å². The highest BCUT2D eigenvalue weighted by atomic mass is 16.5. The van der Waals surface area contributed by atoms with Gasteiger partial charge in [0.1, 0.15) is 5.75 Å². The van der Waals surface area contributed by atoms with Gasteiger partial charge in [-0.2, -0.15) is 0 Å². The molecular formula is C13H17NO3. The van der Waals surface area contributed by atoms with Crippen LogP contribution >= 0.6 is 0 Å². The maximum atomic E-state index is 10.4. The molecule has 0 saturated heterocycles. The molecule has 0 radical (unpaired) electrons. The molecule has 92 valence electrons. The normalized spacial score (nSPS) is 18.5. The molecule has 0 unspecified atom stereocenters. The summed E-state index contributed by atoms with van der Waals surface area (Å²) in [5.41, 5.74) is 8.26. The molecule has 0 saturated carbocycles. The molecule has 1 aliphatic rings. The van der Waals surface area contributed by atoms with E-state index in [2.05, 4.69) is 0 Å². The first-order valence-electron chi connectivity index (χ1n) is 5.85. The van der Waals surface area contributed by atoms with E-state index in [0.717, 1.165) is 19.3 Å². The minimum absolute atomic E-state index is 0.293. The van der Waals surface area contributed by atoms with Crippen molar-refractivity contribution in [2.24, 2.45) is 11.7 Å². The van der Waals surface area contributed by atoms with Crippen molar-refractivity contribution in [2.75, 3.05) is 13.2 Å². The Bertz CT molecular complexity index is 417. The average Bonchev–Trinajstić information content (AvgIpc) is 2.35. The van der Waals surface area contributed by atoms with Crippen molar-refractivity contribution in [3.8, 4) is 5.75 Å². The van der Waals surface area contributed by atoms with Gasteiger partial charge >= 0.3 is 5.97 Å². The van der Waals surface area contributed by atoms with E-state index in [-0.39, 0.29) is 6.61 Å². The van der Waals surface area contributed by atoms with Gasteiger partial charge in [0.15, 0.2) is 6.61 Å². The molecule has 0 bridgehead atoms. The predicted molar refractivity (Wildman–Crippen MR) is 64.1 cm³/mol. The lowest BCUT2D eigenvalue weighted by molar-refractivity contribution is -0.139. The van der Waals surface area contributed by atoms with Crippen LogP contribution in [0.1, 0.15) is 17.5 Å². The van der Waals surface area contributed by atoms with Crippen LogP contribution in [0.25, 0.3) is 0 Å². The van der Waals surface area contributed by atoms with E-state index in [4.69, 9.17) is 15.6 Å². The van der Waals surface area contributed by atoms with Gasteiger partial charge in [0.2, 0.25) is 0 Å². The topological polar surface area (TPSA) is 72.5 Å². The Morgan fingerprint density at radius 3 is 3.00 bits per heavy atom. The molecular weight excluding hydrogens is 218 g/mol. The molecule has 1 aliphatic carbocycles. The molecule has 0 aromatic heterocycles. The number of rotatable bonds is 4. The monoisotopic (exact) mass is 235 g/mol. The Balaban J connectivity index is 2.09. The molecule has 0 aliphatic heterocycles. The Morgan fingerprint density at radius 1 is 1.47 bits per heavy atom. The van der Waals surface area contributed by atoms with E-state index < -0.39 is 5.97 Å². The number of nitrogens with two attached hydrogens (primary N) is 1. The molecule has 1 atom stereocenters. The second-order valence-corrected chi connectivity index (χ2v) is 4.46.